The molecule has 1 aliphatic rings. The standard InChI is InChI=1S/C14H25NO3/c1-14(2,3)13(17)18-15-9-7-12(8-10-15)6-4-5-11-16/h11-12H,4-10H2,1-3H3. The lowest BCUT2D eigenvalue weighted by Crippen LogP contribution is -2.38. The highest BCUT2D eigenvalue weighted by Crippen LogP contribution is 2.24. The zero-order valence-corrected chi connectivity index (χ0v) is 11.8. The van der Waals surface area contributed by atoms with Crippen LogP contribution in [0.15, 0.2) is 0 Å². The molecule has 104 valence electrons. The average Bonchev–Trinajstić information content (AvgIpc) is 2.30. The zero-order chi connectivity index (χ0) is 13.6. The summed E-state index contributed by atoms with van der Waals surface area (Å²) in [5.74, 6) is 0.511. The largest absolute Gasteiger partial charge is 0.367 e. The van der Waals surface area contributed by atoms with Gasteiger partial charge in [-0.05, 0) is 52.4 Å². The topological polar surface area (TPSA) is 46.6 Å². The van der Waals surface area contributed by atoms with Crippen LogP contribution in [0.2, 0.25) is 0 Å². The molecule has 0 aromatic carbocycles. The van der Waals surface area contributed by atoms with E-state index in [1.54, 1.807) is 5.06 Å². The first-order valence-corrected chi connectivity index (χ1v) is 6.84. The van der Waals surface area contributed by atoms with Crippen LogP contribution in [0.25, 0.3) is 0 Å². The van der Waals surface area contributed by atoms with Gasteiger partial charge in [0.15, 0.2) is 0 Å². The van der Waals surface area contributed by atoms with Crippen molar-refractivity contribution in [1.82, 2.24) is 5.06 Å². The second-order valence-corrected chi connectivity index (χ2v) is 6.10. The molecule has 1 fully saturated rings. The molecule has 0 unspecified atom stereocenters. The van der Waals surface area contributed by atoms with Crippen LogP contribution in [0.3, 0.4) is 0 Å². The molecule has 0 N–H and O–H groups in total. The quantitative estimate of drug-likeness (QED) is 0.559. The molecule has 0 amide bonds. The lowest BCUT2D eigenvalue weighted by atomic mass is 9.92. The molecule has 4 heteroatoms. The van der Waals surface area contributed by atoms with E-state index in [0.717, 1.165) is 45.1 Å². The van der Waals surface area contributed by atoms with Gasteiger partial charge in [0.2, 0.25) is 0 Å². The van der Waals surface area contributed by atoms with Crippen molar-refractivity contribution in [1.29, 1.82) is 0 Å². The smallest absolute Gasteiger partial charge is 0.330 e. The van der Waals surface area contributed by atoms with Crippen molar-refractivity contribution in [3.63, 3.8) is 0 Å². The Labute approximate surface area is 110 Å². The maximum atomic E-state index is 11.7. The second kappa shape index (κ2) is 6.88. The Morgan fingerprint density at radius 2 is 1.94 bits per heavy atom. The third-order valence-electron chi connectivity index (χ3n) is 3.33. The minimum absolute atomic E-state index is 0.165. The Bertz CT molecular complexity index is 275. The van der Waals surface area contributed by atoms with Crippen LogP contribution in [-0.2, 0) is 14.4 Å². The fraction of sp³-hybridized carbons (Fsp3) is 0.857. The van der Waals surface area contributed by atoms with Crippen molar-refractivity contribution in [3.8, 4) is 0 Å². The van der Waals surface area contributed by atoms with Crippen molar-refractivity contribution in [2.24, 2.45) is 11.3 Å². The van der Waals surface area contributed by atoms with Gasteiger partial charge < -0.3 is 9.63 Å². The zero-order valence-electron chi connectivity index (χ0n) is 11.8. The number of hydrogen-bond acceptors (Lipinski definition) is 4. The summed E-state index contributed by atoms with van der Waals surface area (Å²) in [4.78, 5) is 27.3. The van der Waals surface area contributed by atoms with Crippen molar-refractivity contribution >= 4 is 12.3 Å². The Hall–Kier alpha value is -0.900. The summed E-state index contributed by atoms with van der Waals surface area (Å²) < 4.78 is 0. The maximum Gasteiger partial charge on any atom is 0.330 e. The molecule has 1 saturated heterocycles. The van der Waals surface area contributed by atoms with Gasteiger partial charge in [0.1, 0.15) is 6.29 Å². The molecule has 0 radical (unpaired) electrons. The summed E-state index contributed by atoms with van der Waals surface area (Å²) in [5.41, 5.74) is -0.444. The summed E-state index contributed by atoms with van der Waals surface area (Å²) in [6, 6.07) is 0. The van der Waals surface area contributed by atoms with E-state index < -0.39 is 5.41 Å². The molecule has 18 heavy (non-hydrogen) atoms. The number of rotatable bonds is 5. The van der Waals surface area contributed by atoms with E-state index in [2.05, 4.69) is 0 Å². The molecule has 0 atom stereocenters. The average molecular weight is 255 g/mol. The van der Waals surface area contributed by atoms with Gasteiger partial charge >= 0.3 is 5.97 Å². The number of carbonyl (C=O) groups excluding carboxylic acids is 2. The molecule has 0 aromatic rings. The van der Waals surface area contributed by atoms with E-state index in [0.29, 0.717) is 12.3 Å². The van der Waals surface area contributed by atoms with Gasteiger partial charge in [-0.2, -0.15) is 0 Å². The molecule has 1 heterocycles. The van der Waals surface area contributed by atoms with Crippen LogP contribution in [0.5, 0.6) is 0 Å². The van der Waals surface area contributed by atoms with Crippen molar-refractivity contribution in [2.45, 2.75) is 52.9 Å². The summed E-state index contributed by atoms with van der Waals surface area (Å²) in [5, 5.41) is 1.78. The Kier molecular flexibility index (Phi) is 5.79. The molecule has 1 rings (SSSR count). The highest BCUT2D eigenvalue weighted by molar-refractivity contribution is 5.75. The summed E-state index contributed by atoms with van der Waals surface area (Å²) in [6.07, 6.45) is 5.85. The summed E-state index contributed by atoms with van der Waals surface area (Å²) in [6.45, 7) is 7.21. The number of hydroxylamine groups is 2. The molecule has 4 nitrogen and oxygen atoms in total. The van der Waals surface area contributed by atoms with Crippen LogP contribution in [-0.4, -0.2) is 30.4 Å². The number of piperidine rings is 1. The van der Waals surface area contributed by atoms with Gasteiger partial charge in [-0.15, -0.1) is 5.06 Å². The van der Waals surface area contributed by atoms with Gasteiger partial charge in [-0.3, -0.25) is 0 Å². The summed E-state index contributed by atoms with van der Waals surface area (Å²) >= 11 is 0. The van der Waals surface area contributed by atoms with Crippen LogP contribution in [0.4, 0.5) is 0 Å². The maximum absolute atomic E-state index is 11.7. The van der Waals surface area contributed by atoms with Gasteiger partial charge in [-0.25, -0.2) is 4.79 Å². The third kappa shape index (κ3) is 5.17. The SMILES string of the molecule is CC(C)(C)C(=O)ON1CCC(CCCC=O)CC1. The number of hydrogen-bond donors (Lipinski definition) is 0. The predicted molar refractivity (Wildman–Crippen MR) is 69.8 cm³/mol. The lowest BCUT2D eigenvalue weighted by molar-refractivity contribution is -0.206. The highest BCUT2D eigenvalue weighted by atomic mass is 16.7. The lowest BCUT2D eigenvalue weighted by Gasteiger charge is -2.32. The molecule has 0 spiro atoms. The van der Waals surface area contributed by atoms with Gasteiger partial charge in [0.25, 0.3) is 0 Å². The third-order valence-corrected chi connectivity index (χ3v) is 3.33. The van der Waals surface area contributed by atoms with Gasteiger partial charge in [-0.1, -0.05) is 0 Å². The Balaban J connectivity index is 2.23. The minimum Gasteiger partial charge on any atom is -0.367 e. The van der Waals surface area contributed by atoms with Crippen LogP contribution >= 0.6 is 0 Å². The molecular weight excluding hydrogens is 230 g/mol. The monoisotopic (exact) mass is 255 g/mol. The van der Waals surface area contributed by atoms with E-state index in [9.17, 15) is 9.59 Å². The van der Waals surface area contributed by atoms with Crippen LogP contribution in [0, 0.1) is 11.3 Å². The molecule has 0 aliphatic carbocycles. The van der Waals surface area contributed by atoms with Gasteiger partial charge in [0.05, 0.1) is 5.41 Å². The first-order valence-electron chi connectivity index (χ1n) is 6.84. The van der Waals surface area contributed by atoms with E-state index >= 15 is 0 Å². The van der Waals surface area contributed by atoms with E-state index in [-0.39, 0.29) is 5.97 Å². The van der Waals surface area contributed by atoms with Crippen LogP contribution in [0.1, 0.15) is 52.9 Å². The number of nitrogens with zero attached hydrogens (tertiary/aromatic N) is 1. The molecule has 0 saturated carbocycles. The summed E-state index contributed by atoms with van der Waals surface area (Å²) in [7, 11) is 0. The van der Waals surface area contributed by atoms with Gasteiger partial charge in [0, 0.05) is 19.5 Å². The first kappa shape index (κ1) is 15.2. The minimum atomic E-state index is -0.444. The van der Waals surface area contributed by atoms with Crippen molar-refractivity contribution in [3.05, 3.63) is 0 Å². The van der Waals surface area contributed by atoms with E-state index in [1.807, 2.05) is 20.8 Å². The number of carbonyl (C=O) groups is 2. The second-order valence-electron chi connectivity index (χ2n) is 6.10. The highest BCUT2D eigenvalue weighted by Gasteiger charge is 2.28. The molecule has 0 aromatic heterocycles. The van der Waals surface area contributed by atoms with Crippen molar-refractivity contribution < 1.29 is 14.4 Å². The fourth-order valence-corrected chi connectivity index (χ4v) is 2.03. The molecule has 1 aliphatic heterocycles. The predicted octanol–water partition coefficient (Wildman–Crippen LogP) is 2.57. The van der Waals surface area contributed by atoms with E-state index in [4.69, 9.17) is 4.84 Å². The number of unbranched alkanes of at least 4 members (excludes halogenated alkanes) is 1. The molecular formula is C14H25NO3. The Morgan fingerprint density at radius 3 is 2.44 bits per heavy atom. The van der Waals surface area contributed by atoms with Crippen LogP contribution < -0.4 is 0 Å². The van der Waals surface area contributed by atoms with Crippen molar-refractivity contribution in [2.75, 3.05) is 13.1 Å². The fourth-order valence-electron chi connectivity index (χ4n) is 2.03. The number of aldehydes is 1. The Morgan fingerprint density at radius 1 is 1.33 bits per heavy atom. The van der Waals surface area contributed by atoms with E-state index in [1.165, 1.54) is 0 Å². The normalized spacial score (nSPS) is 18.6. The molecule has 0 bridgehead atoms. The first-order chi connectivity index (χ1) is 8.43.